The van der Waals surface area contributed by atoms with Crippen LogP contribution in [-0.2, 0) is 16.0 Å². The SMILES string of the molecule is Cc1coc2c(C)c3oc(=O)c(CCC(=O)NC[C@@H]4CCCO4)c(C)c3cc12. The number of rotatable bonds is 5. The number of furan rings is 1. The van der Waals surface area contributed by atoms with Crippen molar-refractivity contribution in [1.82, 2.24) is 5.32 Å². The Morgan fingerprint density at radius 1 is 1.18 bits per heavy atom. The van der Waals surface area contributed by atoms with Crippen LogP contribution in [0, 0.1) is 20.8 Å². The maximum atomic E-state index is 12.6. The zero-order valence-electron chi connectivity index (χ0n) is 16.5. The van der Waals surface area contributed by atoms with Crippen molar-refractivity contribution in [2.75, 3.05) is 13.2 Å². The van der Waals surface area contributed by atoms with Gasteiger partial charge in [0.15, 0.2) is 0 Å². The summed E-state index contributed by atoms with van der Waals surface area (Å²) in [6.45, 7) is 7.10. The van der Waals surface area contributed by atoms with E-state index in [1.165, 1.54) is 0 Å². The van der Waals surface area contributed by atoms with Gasteiger partial charge in [0.05, 0.1) is 12.4 Å². The van der Waals surface area contributed by atoms with Crippen molar-refractivity contribution in [3.63, 3.8) is 0 Å². The molecule has 1 saturated heterocycles. The van der Waals surface area contributed by atoms with Gasteiger partial charge in [-0.1, -0.05) is 0 Å². The Morgan fingerprint density at radius 2 is 2.00 bits per heavy atom. The molecule has 3 aromatic rings. The number of carbonyl (C=O) groups is 1. The van der Waals surface area contributed by atoms with Crippen molar-refractivity contribution >= 4 is 27.8 Å². The third-order valence-corrected chi connectivity index (χ3v) is 5.69. The van der Waals surface area contributed by atoms with Gasteiger partial charge >= 0.3 is 5.63 Å². The summed E-state index contributed by atoms with van der Waals surface area (Å²) < 4.78 is 16.8. The molecule has 0 bridgehead atoms. The molecule has 1 N–H and O–H groups in total. The van der Waals surface area contributed by atoms with E-state index in [9.17, 15) is 9.59 Å². The third-order valence-electron chi connectivity index (χ3n) is 5.69. The van der Waals surface area contributed by atoms with Crippen molar-refractivity contribution < 1.29 is 18.4 Å². The smallest absolute Gasteiger partial charge is 0.339 e. The quantitative estimate of drug-likeness (QED) is 0.680. The lowest BCUT2D eigenvalue weighted by atomic mass is 9.98. The van der Waals surface area contributed by atoms with Gasteiger partial charge in [0.1, 0.15) is 11.2 Å². The summed E-state index contributed by atoms with van der Waals surface area (Å²) in [4.78, 5) is 24.8. The topological polar surface area (TPSA) is 81.7 Å². The van der Waals surface area contributed by atoms with E-state index in [1.54, 1.807) is 6.26 Å². The number of aryl methyl sites for hydroxylation is 3. The van der Waals surface area contributed by atoms with E-state index in [4.69, 9.17) is 13.6 Å². The van der Waals surface area contributed by atoms with Crippen molar-refractivity contribution in [2.45, 2.75) is 52.6 Å². The lowest BCUT2D eigenvalue weighted by Gasteiger charge is -2.12. The Hall–Kier alpha value is -2.60. The summed E-state index contributed by atoms with van der Waals surface area (Å²) in [5.74, 6) is -0.0771. The second-order valence-electron chi connectivity index (χ2n) is 7.61. The molecular formula is C22H25NO5. The number of ether oxygens (including phenoxy) is 1. The summed E-state index contributed by atoms with van der Waals surface area (Å²) in [5, 5.41) is 4.81. The molecule has 1 amide bonds. The van der Waals surface area contributed by atoms with E-state index in [0.29, 0.717) is 24.1 Å². The molecule has 0 radical (unpaired) electrons. The van der Waals surface area contributed by atoms with Crippen molar-refractivity contribution in [1.29, 1.82) is 0 Å². The average Bonchev–Trinajstić information content (AvgIpc) is 3.31. The van der Waals surface area contributed by atoms with Gasteiger partial charge in [0.2, 0.25) is 5.91 Å². The van der Waals surface area contributed by atoms with E-state index < -0.39 is 0 Å². The van der Waals surface area contributed by atoms with Crippen LogP contribution in [0.3, 0.4) is 0 Å². The number of hydrogen-bond donors (Lipinski definition) is 1. The monoisotopic (exact) mass is 383 g/mol. The van der Waals surface area contributed by atoms with Crippen LogP contribution in [0.2, 0.25) is 0 Å². The molecule has 148 valence electrons. The van der Waals surface area contributed by atoms with Crippen LogP contribution in [0.4, 0.5) is 0 Å². The molecule has 2 aromatic heterocycles. The lowest BCUT2D eigenvalue weighted by Crippen LogP contribution is -2.32. The highest BCUT2D eigenvalue weighted by molar-refractivity contribution is 5.99. The standard InChI is InChI=1S/C22H25NO5/c1-12-11-27-20-14(3)21-18(9-17(12)20)13(2)16(22(25)28-21)6-7-19(24)23-10-15-5-4-8-26-15/h9,11,15H,4-8,10H2,1-3H3,(H,23,24)/t15-/m0/s1. The second-order valence-corrected chi connectivity index (χ2v) is 7.61. The van der Waals surface area contributed by atoms with Crippen molar-refractivity contribution in [3.8, 4) is 0 Å². The fourth-order valence-corrected chi connectivity index (χ4v) is 3.97. The van der Waals surface area contributed by atoms with Gasteiger partial charge in [-0.25, -0.2) is 4.79 Å². The van der Waals surface area contributed by atoms with Gasteiger partial charge in [-0.15, -0.1) is 0 Å². The maximum absolute atomic E-state index is 12.6. The molecule has 1 aliphatic heterocycles. The number of carbonyl (C=O) groups excluding carboxylic acids is 1. The zero-order valence-corrected chi connectivity index (χ0v) is 16.5. The van der Waals surface area contributed by atoms with Crippen LogP contribution in [0.25, 0.3) is 21.9 Å². The summed E-state index contributed by atoms with van der Waals surface area (Å²) in [6.07, 6.45) is 4.44. The Morgan fingerprint density at radius 3 is 2.75 bits per heavy atom. The van der Waals surface area contributed by atoms with Gasteiger partial charge in [0.25, 0.3) is 0 Å². The van der Waals surface area contributed by atoms with Gasteiger partial charge < -0.3 is 18.9 Å². The molecular weight excluding hydrogens is 358 g/mol. The van der Waals surface area contributed by atoms with Gasteiger partial charge in [-0.3, -0.25) is 4.79 Å². The highest BCUT2D eigenvalue weighted by atomic mass is 16.5. The minimum atomic E-state index is -0.386. The molecule has 1 atom stereocenters. The Labute approximate surface area is 162 Å². The summed E-state index contributed by atoms with van der Waals surface area (Å²) in [7, 11) is 0. The normalized spacial score (nSPS) is 16.9. The average molecular weight is 383 g/mol. The van der Waals surface area contributed by atoms with Crippen LogP contribution in [0.1, 0.15) is 41.5 Å². The molecule has 1 fully saturated rings. The minimum Gasteiger partial charge on any atom is -0.464 e. The number of amides is 1. The first kappa shape index (κ1) is 18.7. The lowest BCUT2D eigenvalue weighted by molar-refractivity contribution is -0.121. The Bertz CT molecular complexity index is 1100. The molecule has 1 aliphatic rings. The molecule has 6 nitrogen and oxygen atoms in total. The first-order valence-corrected chi connectivity index (χ1v) is 9.77. The molecule has 4 rings (SSSR count). The van der Waals surface area contributed by atoms with Gasteiger partial charge in [-0.2, -0.15) is 0 Å². The van der Waals surface area contributed by atoms with E-state index in [0.717, 1.165) is 52.5 Å². The number of hydrogen-bond acceptors (Lipinski definition) is 5. The molecule has 0 aliphatic carbocycles. The number of fused-ring (bicyclic) bond motifs is 2. The molecule has 0 unspecified atom stereocenters. The highest BCUT2D eigenvalue weighted by Crippen LogP contribution is 2.32. The van der Waals surface area contributed by atoms with E-state index in [1.807, 2.05) is 26.8 Å². The third kappa shape index (κ3) is 3.33. The van der Waals surface area contributed by atoms with Crippen LogP contribution < -0.4 is 10.9 Å². The van der Waals surface area contributed by atoms with E-state index >= 15 is 0 Å². The van der Waals surface area contributed by atoms with Crippen LogP contribution in [0.15, 0.2) is 26.0 Å². The molecule has 28 heavy (non-hydrogen) atoms. The molecule has 3 heterocycles. The fourth-order valence-electron chi connectivity index (χ4n) is 3.97. The van der Waals surface area contributed by atoms with E-state index in [2.05, 4.69) is 5.32 Å². The summed E-state index contributed by atoms with van der Waals surface area (Å²) in [5.41, 5.74) is 4.19. The van der Waals surface area contributed by atoms with Crippen molar-refractivity contribution in [2.24, 2.45) is 0 Å². The van der Waals surface area contributed by atoms with Crippen molar-refractivity contribution in [3.05, 3.63) is 45.0 Å². The van der Waals surface area contributed by atoms with Gasteiger partial charge in [-0.05, 0) is 57.2 Å². The highest BCUT2D eigenvalue weighted by Gasteiger charge is 2.19. The molecule has 0 saturated carbocycles. The van der Waals surface area contributed by atoms with Crippen LogP contribution in [0.5, 0.6) is 0 Å². The molecule has 1 aromatic carbocycles. The number of benzene rings is 1. The van der Waals surface area contributed by atoms with E-state index in [-0.39, 0.29) is 24.1 Å². The summed E-state index contributed by atoms with van der Waals surface area (Å²) >= 11 is 0. The number of nitrogens with one attached hydrogen (secondary N) is 1. The van der Waals surface area contributed by atoms with Crippen LogP contribution >= 0.6 is 0 Å². The maximum Gasteiger partial charge on any atom is 0.339 e. The largest absolute Gasteiger partial charge is 0.464 e. The molecule has 6 heteroatoms. The first-order chi connectivity index (χ1) is 13.5. The molecule has 0 spiro atoms. The Balaban J connectivity index is 1.58. The second kappa shape index (κ2) is 7.43. The minimum absolute atomic E-state index is 0.0771. The predicted molar refractivity (Wildman–Crippen MR) is 107 cm³/mol. The predicted octanol–water partition coefficient (Wildman–Crippen LogP) is 3.69. The fraction of sp³-hybridized carbons (Fsp3) is 0.455. The summed E-state index contributed by atoms with van der Waals surface area (Å²) in [6, 6.07) is 2.01. The van der Waals surface area contributed by atoms with Gasteiger partial charge in [0, 0.05) is 41.5 Å². The first-order valence-electron chi connectivity index (χ1n) is 9.77. The zero-order chi connectivity index (χ0) is 19.8. The Kier molecular flexibility index (Phi) is 4.98. The van der Waals surface area contributed by atoms with Crippen LogP contribution in [-0.4, -0.2) is 25.2 Å².